The molecular formula is C16H17ClN2O. The summed E-state index contributed by atoms with van der Waals surface area (Å²) in [7, 11) is 0. The smallest absolute Gasteiger partial charge is 0.224 e. The molecule has 0 bridgehead atoms. The first-order valence-electron chi connectivity index (χ1n) is 6.45. The van der Waals surface area contributed by atoms with Crippen molar-refractivity contribution >= 4 is 28.9 Å². The number of hydrogen-bond donors (Lipinski definition) is 2. The Balaban J connectivity index is 1.96. The molecule has 2 aromatic rings. The van der Waals surface area contributed by atoms with Gasteiger partial charge in [-0.3, -0.25) is 4.79 Å². The van der Waals surface area contributed by atoms with E-state index in [1.807, 2.05) is 31.2 Å². The Bertz CT molecular complexity index is 626. The van der Waals surface area contributed by atoms with Crippen LogP contribution >= 0.6 is 11.6 Å². The molecule has 4 heteroatoms. The number of nitrogen functional groups attached to an aromatic ring is 1. The molecule has 0 radical (unpaired) electrons. The molecule has 2 rings (SSSR count). The van der Waals surface area contributed by atoms with Crippen molar-refractivity contribution in [2.75, 3.05) is 11.1 Å². The van der Waals surface area contributed by atoms with E-state index < -0.39 is 0 Å². The van der Waals surface area contributed by atoms with Crippen LogP contribution in [0.2, 0.25) is 5.02 Å². The van der Waals surface area contributed by atoms with Crippen LogP contribution in [0.3, 0.4) is 0 Å². The van der Waals surface area contributed by atoms with Crippen LogP contribution in [0.15, 0.2) is 42.5 Å². The van der Waals surface area contributed by atoms with Gasteiger partial charge in [0.25, 0.3) is 0 Å². The number of nitrogens with two attached hydrogens (primary N) is 1. The summed E-state index contributed by atoms with van der Waals surface area (Å²) in [5.41, 5.74) is 9.25. The lowest BCUT2D eigenvalue weighted by Gasteiger charge is -2.09. The molecule has 3 nitrogen and oxygen atoms in total. The van der Waals surface area contributed by atoms with Crippen molar-refractivity contribution < 1.29 is 4.79 Å². The molecule has 0 spiro atoms. The molecule has 3 N–H and O–H groups in total. The number of halogens is 1. The summed E-state index contributed by atoms with van der Waals surface area (Å²) in [5.74, 6) is -0.0674. The summed E-state index contributed by atoms with van der Waals surface area (Å²) in [4.78, 5) is 12.0. The van der Waals surface area contributed by atoms with Gasteiger partial charge < -0.3 is 11.1 Å². The van der Waals surface area contributed by atoms with Crippen molar-refractivity contribution in [3.05, 3.63) is 58.6 Å². The third-order valence-electron chi connectivity index (χ3n) is 3.17. The normalized spacial score (nSPS) is 10.3. The Hall–Kier alpha value is -2.00. The second kappa shape index (κ2) is 6.44. The van der Waals surface area contributed by atoms with Gasteiger partial charge in [-0.05, 0) is 42.7 Å². The van der Waals surface area contributed by atoms with Crippen molar-refractivity contribution in [3.63, 3.8) is 0 Å². The number of carbonyl (C=O) groups is 1. The minimum absolute atomic E-state index is 0.0674. The monoisotopic (exact) mass is 288 g/mol. The highest BCUT2D eigenvalue weighted by molar-refractivity contribution is 6.31. The molecule has 0 aromatic heterocycles. The van der Waals surface area contributed by atoms with Crippen molar-refractivity contribution in [3.8, 4) is 0 Å². The Labute approximate surface area is 123 Å². The maximum Gasteiger partial charge on any atom is 0.224 e. The van der Waals surface area contributed by atoms with E-state index in [4.69, 9.17) is 17.3 Å². The third kappa shape index (κ3) is 3.75. The van der Waals surface area contributed by atoms with Gasteiger partial charge in [0.1, 0.15) is 0 Å². The Morgan fingerprint density at radius 2 is 2.00 bits per heavy atom. The topological polar surface area (TPSA) is 55.1 Å². The summed E-state index contributed by atoms with van der Waals surface area (Å²) in [6, 6.07) is 13.1. The number of benzene rings is 2. The number of aryl methyl sites for hydroxylation is 2. The summed E-state index contributed by atoms with van der Waals surface area (Å²) in [6.07, 6.45) is 1.12. The van der Waals surface area contributed by atoms with Gasteiger partial charge in [-0.1, -0.05) is 35.9 Å². The predicted octanol–water partition coefficient (Wildman–Crippen LogP) is 3.80. The molecule has 1 amide bonds. The van der Waals surface area contributed by atoms with Crippen LogP contribution < -0.4 is 11.1 Å². The minimum atomic E-state index is -0.0674. The second-order valence-corrected chi connectivity index (χ2v) is 5.14. The zero-order valence-electron chi connectivity index (χ0n) is 11.3. The first-order valence-corrected chi connectivity index (χ1v) is 6.83. The lowest BCUT2D eigenvalue weighted by molar-refractivity contribution is -0.116. The van der Waals surface area contributed by atoms with Crippen molar-refractivity contribution in [2.24, 2.45) is 0 Å². The quantitative estimate of drug-likeness (QED) is 0.841. The average Bonchev–Trinajstić information content (AvgIpc) is 2.42. The maximum absolute atomic E-state index is 12.0. The van der Waals surface area contributed by atoms with E-state index in [1.165, 1.54) is 11.1 Å². The molecule has 0 aliphatic rings. The molecule has 0 saturated carbocycles. The van der Waals surface area contributed by atoms with Crippen molar-refractivity contribution in [1.29, 1.82) is 0 Å². The van der Waals surface area contributed by atoms with Crippen LogP contribution in [-0.4, -0.2) is 5.91 Å². The summed E-state index contributed by atoms with van der Waals surface area (Å²) < 4.78 is 0. The van der Waals surface area contributed by atoms with E-state index in [-0.39, 0.29) is 5.91 Å². The molecule has 2 aromatic carbocycles. The van der Waals surface area contributed by atoms with Crippen LogP contribution in [0, 0.1) is 6.92 Å². The second-order valence-electron chi connectivity index (χ2n) is 4.71. The van der Waals surface area contributed by atoms with Gasteiger partial charge in [0.05, 0.1) is 11.4 Å². The molecule has 0 heterocycles. The zero-order chi connectivity index (χ0) is 14.5. The predicted molar refractivity (Wildman–Crippen MR) is 84.0 cm³/mol. The van der Waals surface area contributed by atoms with Crippen LogP contribution in [0.1, 0.15) is 17.5 Å². The number of nitrogens with one attached hydrogen (secondary N) is 1. The molecule has 0 aliphatic heterocycles. The SMILES string of the molecule is Cc1ccccc1CCC(=O)Nc1cc(Cl)ccc1N. The van der Waals surface area contributed by atoms with Crippen molar-refractivity contribution in [1.82, 2.24) is 0 Å². The molecule has 0 aliphatic carbocycles. The Morgan fingerprint density at radius 3 is 2.75 bits per heavy atom. The molecule has 0 fully saturated rings. The van der Waals surface area contributed by atoms with E-state index in [9.17, 15) is 4.79 Å². The number of rotatable bonds is 4. The van der Waals surface area contributed by atoms with E-state index in [1.54, 1.807) is 18.2 Å². The Kier molecular flexibility index (Phi) is 4.64. The number of hydrogen-bond acceptors (Lipinski definition) is 2. The van der Waals surface area contributed by atoms with E-state index in [2.05, 4.69) is 5.32 Å². The molecule has 0 atom stereocenters. The van der Waals surface area contributed by atoms with Gasteiger partial charge in [0.15, 0.2) is 0 Å². The third-order valence-corrected chi connectivity index (χ3v) is 3.41. The Morgan fingerprint density at radius 1 is 1.25 bits per heavy atom. The molecule has 0 saturated heterocycles. The molecular weight excluding hydrogens is 272 g/mol. The average molecular weight is 289 g/mol. The highest BCUT2D eigenvalue weighted by atomic mass is 35.5. The highest BCUT2D eigenvalue weighted by Crippen LogP contribution is 2.23. The zero-order valence-corrected chi connectivity index (χ0v) is 12.1. The lowest BCUT2D eigenvalue weighted by Crippen LogP contribution is -2.13. The number of carbonyl (C=O) groups excluding carboxylic acids is 1. The van der Waals surface area contributed by atoms with E-state index in [0.29, 0.717) is 29.2 Å². The lowest BCUT2D eigenvalue weighted by atomic mass is 10.0. The van der Waals surface area contributed by atoms with Crippen LogP contribution in [0.25, 0.3) is 0 Å². The number of anilines is 2. The molecule has 0 unspecified atom stereocenters. The fourth-order valence-electron chi connectivity index (χ4n) is 1.99. The maximum atomic E-state index is 12.0. The van der Waals surface area contributed by atoms with E-state index in [0.717, 1.165) is 0 Å². The molecule has 104 valence electrons. The van der Waals surface area contributed by atoms with Crippen LogP contribution in [0.4, 0.5) is 11.4 Å². The van der Waals surface area contributed by atoms with Gasteiger partial charge >= 0.3 is 0 Å². The fourth-order valence-corrected chi connectivity index (χ4v) is 2.16. The van der Waals surface area contributed by atoms with Crippen LogP contribution in [-0.2, 0) is 11.2 Å². The van der Waals surface area contributed by atoms with Gasteiger partial charge in [0, 0.05) is 11.4 Å². The number of amides is 1. The van der Waals surface area contributed by atoms with Gasteiger partial charge in [-0.2, -0.15) is 0 Å². The summed E-state index contributed by atoms with van der Waals surface area (Å²) in [6.45, 7) is 2.04. The van der Waals surface area contributed by atoms with E-state index >= 15 is 0 Å². The van der Waals surface area contributed by atoms with Gasteiger partial charge in [0.2, 0.25) is 5.91 Å². The minimum Gasteiger partial charge on any atom is -0.397 e. The standard InChI is InChI=1S/C16H17ClN2O/c1-11-4-2-3-5-12(11)6-9-16(20)19-15-10-13(17)7-8-14(15)18/h2-5,7-8,10H,6,9,18H2,1H3,(H,19,20). The van der Waals surface area contributed by atoms with Crippen molar-refractivity contribution in [2.45, 2.75) is 19.8 Å². The molecule has 20 heavy (non-hydrogen) atoms. The van der Waals surface area contributed by atoms with Gasteiger partial charge in [-0.25, -0.2) is 0 Å². The summed E-state index contributed by atoms with van der Waals surface area (Å²) in [5, 5.41) is 3.34. The largest absolute Gasteiger partial charge is 0.397 e. The van der Waals surface area contributed by atoms with Crippen LogP contribution in [0.5, 0.6) is 0 Å². The summed E-state index contributed by atoms with van der Waals surface area (Å²) >= 11 is 5.89. The fraction of sp³-hybridized carbons (Fsp3) is 0.188. The first kappa shape index (κ1) is 14.4. The van der Waals surface area contributed by atoms with Gasteiger partial charge in [-0.15, -0.1) is 0 Å². The highest BCUT2D eigenvalue weighted by Gasteiger charge is 2.07. The first-order chi connectivity index (χ1) is 9.56.